The molecule has 2 amide bonds. The van der Waals surface area contributed by atoms with Crippen LogP contribution in [0.2, 0.25) is 0 Å². The van der Waals surface area contributed by atoms with Crippen molar-refractivity contribution in [1.82, 2.24) is 13.9 Å². The zero-order valence-corrected chi connectivity index (χ0v) is 37.1. The average Bonchev–Trinajstić information content (AvgIpc) is 3.65. The fraction of sp³-hybridized carbons (Fsp3) is 0.294. The molecule has 0 atom stereocenters. The lowest BCUT2D eigenvalue weighted by atomic mass is 9.88. The molecular weight excluding hydrogens is 841 g/mol. The minimum absolute atomic E-state index is 0.00392. The lowest BCUT2D eigenvalue weighted by molar-refractivity contribution is -0.201. The lowest BCUT2D eigenvalue weighted by Gasteiger charge is -2.31. The van der Waals surface area contributed by atoms with Gasteiger partial charge in [0, 0.05) is 96.8 Å². The highest BCUT2D eigenvalue weighted by Gasteiger charge is 2.39. The topological polar surface area (TPSA) is 141 Å². The van der Waals surface area contributed by atoms with Crippen molar-refractivity contribution in [3.8, 4) is 22.6 Å². The summed E-state index contributed by atoms with van der Waals surface area (Å²) < 4.78 is 40.7. The largest absolute Gasteiger partial charge is 0.455 e. The smallest absolute Gasteiger partial charge is 0.336 e. The van der Waals surface area contributed by atoms with E-state index in [2.05, 4.69) is 39.1 Å². The number of hydrogen-bond acceptors (Lipinski definition) is 10. The molecule has 0 saturated carbocycles. The number of anilines is 1. The molecule has 2 fully saturated rings. The van der Waals surface area contributed by atoms with Gasteiger partial charge in [0.05, 0.1) is 22.2 Å². The summed E-state index contributed by atoms with van der Waals surface area (Å²) in [4.78, 5) is 44.6. The maximum atomic E-state index is 14.8. The van der Waals surface area contributed by atoms with E-state index in [0.717, 1.165) is 77.2 Å². The summed E-state index contributed by atoms with van der Waals surface area (Å²) in [7, 11) is -0.128. The van der Waals surface area contributed by atoms with Gasteiger partial charge in [0.1, 0.15) is 24.6 Å². The quantitative estimate of drug-likeness (QED) is 0.0870. The SMILES string of the molecule is CN(C)c1ccc(N=Nc2ccc3c4c(c(-c5ccccc5S(=O)(=O)N5CCC(C(=O)ON6C(=O)CCC6=O)CC5)cc3c2)C=c2ccc3c5c6c(cc3c2O4)CCC[N+]=6CCC5)cc1. The Morgan fingerprint density at radius 2 is 1.48 bits per heavy atom. The van der Waals surface area contributed by atoms with E-state index in [1.807, 2.05) is 79.7 Å². The fourth-order valence-electron chi connectivity index (χ4n) is 10.2. The van der Waals surface area contributed by atoms with E-state index in [1.54, 1.807) is 12.1 Å². The Balaban J connectivity index is 1.01. The van der Waals surface area contributed by atoms with Gasteiger partial charge in [-0.05, 0) is 109 Å². The van der Waals surface area contributed by atoms with Crippen molar-refractivity contribution in [2.24, 2.45) is 16.1 Å². The summed E-state index contributed by atoms with van der Waals surface area (Å²) >= 11 is 0. The summed E-state index contributed by atoms with van der Waals surface area (Å²) in [5, 5.41) is 16.0. The molecule has 65 heavy (non-hydrogen) atoms. The molecule has 0 unspecified atom stereocenters. The molecule has 6 aromatic carbocycles. The molecular formula is C51H47N6O7S+. The number of amides is 2. The zero-order valence-electron chi connectivity index (χ0n) is 36.2. The van der Waals surface area contributed by atoms with Crippen LogP contribution in [0.15, 0.2) is 106 Å². The van der Waals surface area contributed by atoms with Gasteiger partial charge in [0.25, 0.3) is 11.8 Å². The van der Waals surface area contributed by atoms with Gasteiger partial charge >= 0.3 is 5.97 Å². The van der Waals surface area contributed by atoms with Crippen LogP contribution in [0.3, 0.4) is 0 Å². The van der Waals surface area contributed by atoms with E-state index in [1.165, 1.54) is 26.2 Å². The second-order valence-corrected chi connectivity index (χ2v) is 19.6. The summed E-state index contributed by atoms with van der Waals surface area (Å²) in [5.41, 5.74) is 7.10. The third kappa shape index (κ3) is 7.15. The molecule has 5 aliphatic rings. The number of rotatable bonds is 8. The molecule has 0 aromatic heterocycles. The highest BCUT2D eigenvalue weighted by Crippen LogP contribution is 2.46. The third-order valence-corrected chi connectivity index (χ3v) is 15.5. The van der Waals surface area contributed by atoms with E-state index in [-0.39, 0.29) is 43.7 Å². The van der Waals surface area contributed by atoms with Crippen LogP contribution in [0, 0.1) is 5.92 Å². The molecule has 0 bridgehead atoms. The van der Waals surface area contributed by atoms with Gasteiger partial charge in [-0.15, -0.1) is 5.06 Å². The van der Waals surface area contributed by atoms with E-state index < -0.39 is 33.7 Å². The van der Waals surface area contributed by atoms with Crippen molar-refractivity contribution in [1.29, 1.82) is 0 Å². The number of carbonyl (C=O) groups excluding carboxylic acids is 3. The number of fused-ring (bicyclic) bond motifs is 7. The summed E-state index contributed by atoms with van der Waals surface area (Å²) in [5.74, 6) is -1.06. The molecule has 0 radical (unpaired) electrons. The Hall–Kier alpha value is -6.77. The van der Waals surface area contributed by atoms with E-state index in [9.17, 15) is 22.8 Å². The highest BCUT2D eigenvalue weighted by molar-refractivity contribution is 7.89. The summed E-state index contributed by atoms with van der Waals surface area (Å²) in [6.45, 7) is 2.28. The predicted octanol–water partition coefficient (Wildman–Crippen LogP) is 7.47. The second-order valence-electron chi connectivity index (χ2n) is 17.7. The van der Waals surface area contributed by atoms with E-state index in [0.29, 0.717) is 33.3 Å². The highest BCUT2D eigenvalue weighted by atomic mass is 32.2. The van der Waals surface area contributed by atoms with Gasteiger partial charge in [0.15, 0.2) is 0 Å². The van der Waals surface area contributed by atoms with Gasteiger partial charge in [0.2, 0.25) is 15.4 Å². The van der Waals surface area contributed by atoms with Crippen LogP contribution in [0.25, 0.3) is 38.7 Å². The zero-order chi connectivity index (χ0) is 44.6. The van der Waals surface area contributed by atoms with E-state index >= 15 is 0 Å². The molecule has 0 spiro atoms. The van der Waals surface area contributed by atoms with Crippen molar-refractivity contribution in [2.45, 2.75) is 56.3 Å². The predicted molar refractivity (Wildman–Crippen MR) is 247 cm³/mol. The van der Waals surface area contributed by atoms with Crippen molar-refractivity contribution in [3.05, 3.63) is 118 Å². The van der Waals surface area contributed by atoms with Gasteiger partial charge < -0.3 is 14.5 Å². The maximum Gasteiger partial charge on any atom is 0.336 e. The molecule has 2 saturated heterocycles. The Kier molecular flexibility index (Phi) is 10.1. The number of hydroxylamine groups is 2. The van der Waals surface area contributed by atoms with Gasteiger partial charge in [-0.2, -0.15) is 14.5 Å². The van der Waals surface area contributed by atoms with Crippen molar-refractivity contribution >= 4 is 72.5 Å². The van der Waals surface area contributed by atoms with Crippen molar-refractivity contribution < 1.29 is 32.4 Å². The second kappa shape index (κ2) is 16.0. The van der Waals surface area contributed by atoms with Gasteiger partial charge in [-0.25, -0.2) is 17.8 Å². The fourth-order valence-corrected chi connectivity index (χ4v) is 11.9. The number of piperidine rings is 1. The monoisotopic (exact) mass is 887 g/mol. The van der Waals surface area contributed by atoms with Crippen LogP contribution < -0.4 is 24.8 Å². The van der Waals surface area contributed by atoms with Crippen LogP contribution in [0.5, 0.6) is 11.5 Å². The Bertz CT molecular complexity index is 3280. The van der Waals surface area contributed by atoms with Crippen LogP contribution in [-0.4, -0.2) is 75.8 Å². The normalized spacial score (nSPS) is 17.5. The third-order valence-electron chi connectivity index (χ3n) is 13.5. The molecule has 13 nitrogen and oxygen atoms in total. The molecule has 11 rings (SSSR count). The van der Waals surface area contributed by atoms with Crippen molar-refractivity contribution in [2.75, 3.05) is 45.2 Å². The first kappa shape index (κ1) is 41.0. The Morgan fingerprint density at radius 1 is 0.769 bits per heavy atom. The first-order valence-corrected chi connectivity index (χ1v) is 23.8. The number of imide groups is 1. The van der Waals surface area contributed by atoms with Crippen molar-refractivity contribution in [3.63, 3.8) is 0 Å². The minimum Gasteiger partial charge on any atom is -0.455 e. The number of aryl methyl sites for hydroxylation is 2. The van der Waals surface area contributed by atoms with Crippen LogP contribution >= 0.6 is 0 Å². The molecule has 14 heteroatoms. The maximum absolute atomic E-state index is 14.8. The molecule has 6 aromatic rings. The van der Waals surface area contributed by atoms with E-state index in [4.69, 9.17) is 9.57 Å². The molecule has 0 N–H and O–H groups in total. The number of nitrogens with zero attached hydrogens (tertiary/aromatic N) is 6. The lowest BCUT2D eigenvalue weighted by Crippen LogP contribution is -2.43. The van der Waals surface area contributed by atoms with Crippen LogP contribution in [-0.2, 0) is 42.1 Å². The number of benzene rings is 6. The molecule has 5 heterocycles. The number of sulfonamides is 1. The Morgan fingerprint density at radius 3 is 2.25 bits per heavy atom. The number of hydrogen-bond donors (Lipinski definition) is 0. The molecule has 328 valence electrons. The first-order chi connectivity index (χ1) is 31.5. The molecule has 5 aliphatic heterocycles. The average molecular weight is 888 g/mol. The van der Waals surface area contributed by atoms with Crippen LogP contribution in [0.4, 0.5) is 17.1 Å². The number of ether oxygens (including phenoxy) is 1. The molecule has 0 aliphatic carbocycles. The van der Waals surface area contributed by atoms with Gasteiger partial charge in [-0.1, -0.05) is 30.3 Å². The number of carbonyl (C=O) groups is 3. The first-order valence-electron chi connectivity index (χ1n) is 22.4. The number of azo groups is 1. The standard InChI is InChI=1S/C51H47N6O7S/c1-54(2)37-15-12-35(13-16-37)52-53-36-14-18-38-34(27-36)30-42(44-29-33-11-17-39-41-9-6-24-55-23-5-7-32(48(41)55)28-43(39)49(33)63-50(38)44)40-8-3-4-10-45(40)65(61,62)56-25-21-31(22-26-56)51(60)64-57-46(58)19-20-47(57)59/h3-4,8,10-18,27-31H,5-7,9,19-26H2,1-2H3/q+1. The summed E-state index contributed by atoms with van der Waals surface area (Å²) in [6.07, 6.45) is 6.75. The Labute approximate surface area is 375 Å². The summed E-state index contributed by atoms with van der Waals surface area (Å²) in [6, 6.07) is 29.4. The minimum atomic E-state index is -4.10. The van der Waals surface area contributed by atoms with Gasteiger partial charge in [-0.3, -0.25) is 9.59 Å². The van der Waals surface area contributed by atoms with Crippen LogP contribution in [0.1, 0.15) is 55.2 Å².